The quantitative estimate of drug-likeness (QED) is 0.787. The zero-order chi connectivity index (χ0) is 14.0. The summed E-state index contributed by atoms with van der Waals surface area (Å²) in [5, 5.41) is 8.70. The molecular formula is C13H12F4N2. The molecule has 0 atom stereocenters. The molecule has 102 valence electrons. The highest BCUT2D eigenvalue weighted by atomic mass is 19.4. The molecule has 0 radical (unpaired) electrons. The van der Waals surface area contributed by atoms with E-state index in [0.29, 0.717) is 5.56 Å². The van der Waals surface area contributed by atoms with Crippen LogP contribution < -0.4 is 0 Å². The molecule has 0 aromatic heterocycles. The van der Waals surface area contributed by atoms with Gasteiger partial charge in [0.25, 0.3) is 0 Å². The first-order valence-corrected chi connectivity index (χ1v) is 5.88. The van der Waals surface area contributed by atoms with Gasteiger partial charge in [-0.1, -0.05) is 6.07 Å². The van der Waals surface area contributed by atoms with Crippen LogP contribution in [0.4, 0.5) is 17.6 Å². The van der Waals surface area contributed by atoms with Crippen LogP contribution in [0.2, 0.25) is 0 Å². The normalized spacial score (nSPS) is 15.6. The van der Waals surface area contributed by atoms with Crippen LogP contribution in [0.15, 0.2) is 18.2 Å². The van der Waals surface area contributed by atoms with Gasteiger partial charge >= 0.3 is 6.18 Å². The first kappa shape index (κ1) is 13.8. The number of benzene rings is 1. The second-order valence-electron chi connectivity index (χ2n) is 4.68. The molecule has 2 nitrogen and oxygen atoms in total. The molecule has 1 aromatic carbocycles. The van der Waals surface area contributed by atoms with Gasteiger partial charge in [-0.25, -0.2) is 4.39 Å². The van der Waals surface area contributed by atoms with E-state index in [1.807, 2.05) is 0 Å². The fourth-order valence-corrected chi connectivity index (χ4v) is 1.98. The average Bonchev–Trinajstić information content (AvgIpc) is 3.13. The maximum atomic E-state index is 13.1. The fourth-order valence-electron chi connectivity index (χ4n) is 1.98. The Morgan fingerprint density at radius 3 is 2.53 bits per heavy atom. The minimum Gasteiger partial charge on any atom is -0.288 e. The lowest BCUT2D eigenvalue weighted by Gasteiger charge is -2.23. The number of rotatable bonds is 4. The van der Waals surface area contributed by atoms with E-state index in [2.05, 4.69) is 0 Å². The molecule has 0 unspecified atom stereocenters. The number of halogens is 4. The van der Waals surface area contributed by atoms with Crippen molar-refractivity contribution in [1.82, 2.24) is 4.90 Å². The smallest absolute Gasteiger partial charge is 0.288 e. The lowest BCUT2D eigenvalue weighted by atomic mass is 10.1. The molecule has 0 N–H and O–H groups in total. The summed E-state index contributed by atoms with van der Waals surface area (Å²) in [4.78, 5) is 1.33. The molecule has 2 rings (SSSR count). The Morgan fingerprint density at radius 1 is 1.32 bits per heavy atom. The molecule has 1 aromatic rings. The van der Waals surface area contributed by atoms with Gasteiger partial charge in [-0.05, 0) is 30.5 Å². The second-order valence-corrected chi connectivity index (χ2v) is 4.68. The van der Waals surface area contributed by atoms with Crippen LogP contribution in [-0.4, -0.2) is 23.7 Å². The molecule has 1 fully saturated rings. The van der Waals surface area contributed by atoms with E-state index < -0.39 is 18.5 Å². The van der Waals surface area contributed by atoms with Gasteiger partial charge in [0.2, 0.25) is 0 Å². The number of alkyl halides is 3. The van der Waals surface area contributed by atoms with E-state index in [1.165, 1.54) is 17.0 Å². The molecule has 0 spiro atoms. The van der Waals surface area contributed by atoms with Crippen LogP contribution in [0.5, 0.6) is 0 Å². The predicted molar refractivity (Wildman–Crippen MR) is 60.6 cm³/mol. The second kappa shape index (κ2) is 5.17. The van der Waals surface area contributed by atoms with Gasteiger partial charge in [-0.15, -0.1) is 0 Å². The van der Waals surface area contributed by atoms with Crippen LogP contribution in [0.3, 0.4) is 0 Å². The minimum atomic E-state index is -4.25. The van der Waals surface area contributed by atoms with E-state index >= 15 is 0 Å². The van der Waals surface area contributed by atoms with Gasteiger partial charge < -0.3 is 0 Å². The van der Waals surface area contributed by atoms with Gasteiger partial charge in [0.05, 0.1) is 12.1 Å². The summed E-state index contributed by atoms with van der Waals surface area (Å²) in [6.45, 7) is -0.893. The number of hydrogen-bond acceptors (Lipinski definition) is 2. The summed E-state index contributed by atoms with van der Waals surface area (Å²) in [6, 6.07) is 5.47. The highest BCUT2D eigenvalue weighted by Crippen LogP contribution is 2.31. The highest BCUT2D eigenvalue weighted by molar-refractivity contribution is 5.34. The van der Waals surface area contributed by atoms with Crippen LogP contribution in [0, 0.1) is 17.1 Å². The number of hydrogen-bond donors (Lipinski definition) is 0. The Balaban J connectivity index is 2.11. The van der Waals surface area contributed by atoms with Crippen LogP contribution in [0.25, 0.3) is 0 Å². The molecule has 19 heavy (non-hydrogen) atoms. The van der Waals surface area contributed by atoms with Gasteiger partial charge in [-0.3, -0.25) is 4.90 Å². The molecule has 0 bridgehead atoms. The molecule has 0 amide bonds. The largest absolute Gasteiger partial charge is 0.401 e. The zero-order valence-corrected chi connectivity index (χ0v) is 10.0. The molecule has 1 aliphatic rings. The standard InChI is InChI=1S/C13H12F4N2/c14-12-4-1-9(5-10(12)6-18)7-19(11-2-3-11)8-13(15,16)17/h1,4-5,11H,2-3,7-8H2. The van der Waals surface area contributed by atoms with Crippen molar-refractivity contribution in [3.8, 4) is 6.07 Å². The van der Waals surface area contributed by atoms with E-state index in [0.717, 1.165) is 18.9 Å². The Labute approximate surface area is 108 Å². The summed E-state index contributed by atoms with van der Waals surface area (Å²) in [7, 11) is 0. The molecule has 0 aliphatic heterocycles. The van der Waals surface area contributed by atoms with Gasteiger partial charge in [0.1, 0.15) is 11.9 Å². The average molecular weight is 272 g/mol. The van der Waals surface area contributed by atoms with Crippen molar-refractivity contribution in [3.63, 3.8) is 0 Å². The van der Waals surface area contributed by atoms with Crippen LogP contribution in [-0.2, 0) is 6.54 Å². The van der Waals surface area contributed by atoms with Crippen molar-refractivity contribution in [2.24, 2.45) is 0 Å². The van der Waals surface area contributed by atoms with Crippen molar-refractivity contribution in [2.45, 2.75) is 31.6 Å². The third-order valence-corrected chi connectivity index (χ3v) is 2.98. The molecular weight excluding hydrogens is 260 g/mol. The van der Waals surface area contributed by atoms with E-state index in [1.54, 1.807) is 6.07 Å². The third kappa shape index (κ3) is 3.93. The Bertz CT molecular complexity index is 500. The summed E-state index contributed by atoms with van der Waals surface area (Å²) in [5.41, 5.74) is 0.384. The van der Waals surface area contributed by atoms with E-state index in [-0.39, 0.29) is 18.2 Å². The predicted octanol–water partition coefficient (Wildman–Crippen LogP) is 3.22. The van der Waals surface area contributed by atoms with Gasteiger partial charge in [0.15, 0.2) is 0 Å². The molecule has 6 heteroatoms. The lowest BCUT2D eigenvalue weighted by molar-refractivity contribution is -0.148. The van der Waals surface area contributed by atoms with E-state index in [9.17, 15) is 17.6 Å². The first-order valence-electron chi connectivity index (χ1n) is 5.88. The van der Waals surface area contributed by atoms with Crippen molar-refractivity contribution in [2.75, 3.05) is 6.54 Å². The first-order chi connectivity index (χ1) is 8.89. The summed E-state index contributed by atoms with van der Waals surface area (Å²) in [5.74, 6) is -0.653. The molecule has 1 aliphatic carbocycles. The fraction of sp³-hybridized carbons (Fsp3) is 0.462. The Hall–Kier alpha value is -1.61. The number of nitriles is 1. The van der Waals surface area contributed by atoms with Crippen molar-refractivity contribution >= 4 is 0 Å². The molecule has 1 saturated carbocycles. The SMILES string of the molecule is N#Cc1cc(CN(CC(F)(F)F)C2CC2)ccc1F. The van der Waals surface area contributed by atoms with Gasteiger partial charge in [-0.2, -0.15) is 18.4 Å². The topological polar surface area (TPSA) is 27.0 Å². The Morgan fingerprint density at radius 2 is 2.00 bits per heavy atom. The maximum absolute atomic E-state index is 13.1. The van der Waals surface area contributed by atoms with Crippen molar-refractivity contribution in [3.05, 3.63) is 35.1 Å². The minimum absolute atomic E-state index is 0.0581. The highest BCUT2D eigenvalue weighted by Gasteiger charge is 2.37. The van der Waals surface area contributed by atoms with Gasteiger partial charge in [0, 0.05) is 12.6 Å². The lowest BCUT2D eigenvalue weighted by Crippen LogP contribution is -2.35. The zero-order valence-electron chi connectivity index (χ0n) is 10.0. The van der Waals surface area contributed by atoms with Crippen molar-refractivity contribution < 1.29 is 17.6 Å². The van der Waals surface area contributed by atoms with Crippen molar-refractivity contribution in [1.29, 1.82) is 5.26 Å². The summed E-state index contributed by atoms with van der Waals surface area (Å²) >= 11 is 0. The molecule has 0 saturated heterocycles. The summed E-state index contributed by atoms with van der Waals surface area (Å²) < 4.78 is 50.5. The van der Waals surface area contributed by atoms with Crippen LogP contribution in [0.1, 0.15) is 24.0 Å². The maximum Gasteiger partial charge on any atom is 0.401 e. The van der Waals surface area contributed by atoms with Crippen LogP contribution >= 0.6 is 0 Å². The Kier molecular flexibility index (Phi) is 3.76. The number of nitrogens with zero attached hydrogens (tertiary/aromatic N) is 2. The van der Waals surface area contributed by atoms with E-state index in [4.69, 9.17) is 5.26 Å². The monoisotopic (exact) mass is 272 g/mol. The molecule has 0 heterocycles. The third-order valence-electron chi connectivity index (χ3n) is 2.98. The summed E-state index contributed by atoms with van der Waals surface area (Å²) in [6.07, 6.45) is -2.74.